The molecule has 0 aliphatic heterocycles. The first-order valence-corrected chi connectivity index (χ1v) is 9.55. The van der Waals surface area contributed by atoms with Crippen molar-refractivity contribution in [1.82, 2.24) is 16.2 Å². The van der Waals surface area contributed by atoms with E-state index >= 15 is 0 Å². The molecule has 0 radical (unpaired) electrons. The smallest absolute Gasteiger partial charge is 0.269 e. The fraction of sp³-hybridized carbons (Fsp3) is 0.182. The molecule has 0 aliphatic rings. The van der Waals surface area contributed by atoms with Crippen molar-refractivity contribution in [3.63, 3.8) is 0 Å². The molecule has 0 atom stereocenters. The Morgan fingerprint density at radius 2 is 1.66 bits per heavy atom. The van der Waals surface area contributed by atoms with Crippen LogP contribution in [0.2, 0.25) is 0 Å². The average molecular weight is 410 g/mol. The van der Waals surface area contributed by atoms with Crippen molar-refractivity contribution in [2.24, 2.45) is 0 Å². The van der Waals surface area contributed by atoms with Crippen LogP contribution in [0.4, 0.5) is 0 Å². The molecule has 0 spiro atoms. The Morgan fingerprint density at radius 3 is 2.41 bits per heavy atom. The third-order valence-corrected chi connectivity index (χ3v) is 4.69. The number of nitrogens with one attached hydrogen (secondary N) is 3. The molecule has 0 aromatic heterocycles. The van der Waals surface area contributed by atoms with Gasteiger partial charge in [-0.2, -0.15) is 0 Å². The number of amides is 1. The van der Waals surface area contributed by atoms with E-state index in [0.717, 1.165) is 22.8 Å². The van der Waals surface area contributed by atoms with E-state index in [2.05, 4.69) is 16.2 Å². The van der Waals surface area contributed by atoms with E-state index in [1.165, 1.54) is 0 Å². The summed E-state index contributed by atoms with van der Waals surface area (Å²) in [6.07, 6.45) is 0.737. The maximum absolute atomic E-state index is 12.3. The molecule has 3 N–H and O–H groups in total. The molecule has 0 fully saturated rings. The van der Waals surface area contributed by atoms with Crippen molar-refractivity contribution in [2.75, 3.05) is 20.8 Å². The quantitative estimate of drug-likeness (QED) is 0.429. The molecule has 6 nitrogen and oxygen atoms in total. The number of hydrogen-bond donors (Lipinski definition) is 3. The number of carbonyl (C=O) groups is 1. The summed E-state index contributed by atoms with van der Waals surface area (Å²) in [6.45, 7) is 0.604. The lowest BCUT2D eigenvalue weighted by molar-refractivity contribution is 0.0944. The summed E-state index contributed by atoms with van der Waals surface area (Å²) in [5.41, 5.74) is 6.99. The van der Waals surface area contributed by atoms with Crippen molar-refractivity contribution in [3.05, 3.63) is 71.8 Å². The summed E-state index contributed by atoms with van der Waals surface area (Å²) in [5.74, 6) is 1.13. The van der Waals surface area contributed by atoms with Gasteiger partial charge in [0.25, 0.3) is 5.91 Å². The van der Waals surface area contributed by atoms with E-state index in [1.54, 1.807) is 20.3 Å². The van der Waals surface area contributed by atoms with Gasteiger partial charge in [-0.15, -0.1) is 0 Å². The largest absolute Gasteiger partial charge is 0.493 e. The van der Waals surface area contributed by atoms with Gasteiger partial charge in [-0.05, 0) is 59.2 Å². The molecule has 0 bridgehead atoms. The van der Waals surface area contributed by atoms with Crippen LogP contribution >= 0.6 is 12.2 Å². The van der Waals surface area contributed by atoms with Crippen LogP contribution in [-0.4, -0.2) is 31.8 Å². The highest BCUT2D eigenvalue weighted by Crippen LogP contribution is 2.27. The lowest BCUT2D eigenvalue weighted by atomic mass is 10.1. The molecule has 3 rings (SSSR count). The first-order chi connectivity index (χ1) is 14.1. The van der Waals surface area contributed by atoms with Gasteiger partial charge >= 0.3 is 0 Å². The van der Waals surface area contributed by atoms with Crippen molar-refractivity contribution >= 4 is 34.0 Å². The molecule has 0 saturated heterocycles. The number of benzene rings is 3. The van der Waals surface area contributed by atoms with Gasteiger partial charge in [0.2, 0.25) is 0 Å². The first kappa shape index (κ1) is 20.4. The number of hydrazine groups is 1. The zero-order valence-electron chi connectivity index (χ0n) is 16.3. The van der Waals surface area contributed by atoms with E-state index in [4.69, 9.17) is 21.7 Å². The third kappa shape index (κ3) is 5.36. The van der Waals surface area contributed by atoms with Crippen LogP contribution in [0.5, 0.6) is 11.5 Å². The zero-order valence-corrected chi connectivity index (χ0v) is 17.1. The summed E-state index contributed by atoms with van der Waals surface area (Å²) in [5, 5.41) is 5.51. The highest BCUT2D eigenvalue weighted by Gasteiger charge is 2.07. The van der Waals surface area contributed by atoms with Crippen LogP contribution in [0.3, 0.4) is 0 Å². The van der Waals surface area contributed by atoms with E-state index in [9.17, 15) is 4.79 Å². The van der Waals surface area contributed by atoms with E-state index < -0.39 is 0 Å². The minimum absolute atomic E-state index is 0.250. The third-order valence-electron chi connectivity index (χ3n) is 4.45. The molecule has 3 aromatic carbocycles. The van der Waals surface area contributed by atoms with Crippen LogP contribution in [0.1, 0.15) is 15.9 Å². The van der Waals surface area contributed by atoms with Crippen molar-refractivity contribution in [1.29, 1.82) is 0 Å². The van der Waals surface area contributed by atoms with Gasteiger partial charge < -0.3 is 14.8 Å². The van der Waals surface area contributed by atoms with Crippen LogP contribution in [0.25, 0.3) is 10.8 Å². The molecule has 0 unspecified atom stereocenters. The second kappa shape index (κ2) is 9.75. The molecular formula is C22H23N3O3S. The molecule has 0 aliphatic carbocycles. The topological polar surface area (TPSA) is 71.6 Å². The maximum atomic E-state index is 12.3. The van der Waals surface area contributed by atoms with Gasteiger partial charge in [-0.25, -0.2) is 0 Å². The number of hydrogen-bond acceptors (Lipinski definition) is 4. The van der Waals surface area contributed by atoms with Crippen molar-refractivity contribution in [3.8, 4) is 11.5 Å². The lowest BCUT2D eigenvalue weighted by Crippen LogP contribution is -2.47. The molecule has 0 saturated carbocycles. The van der Waals surface area contributed by atoms with Gasteiger partial charge in [0.15, 0.2) is 16.6 Å². The summed E-state index contributed by atoms with van der Waals surface area (Å²) in [4.78, 5) is 12.3. The number of rotatable bonds is 6. The van der Waals surface area contributed by atoms with Crippen LogP contribution in [0.15, 0.2) is 60.7 Å². The highest BCUT2D eigenvalue weighted by atomic mass is 32.1. The Kier molecular flexibility index (Phi) is 6.86. The second-order valence-corrected chi connectivity index (χ2v) is 6.74. The molecule has 29 heavy (non-hydrogen) atoms. The summed E-state index contributed by atoms with van der Waals surface area (Å²) in [6, 6.07) is 19.2. The molecule has 0 heterocycles. The minimum atomic E-state index is -0.250. The van der Waals surface area contributed by atoms with E-state index in [0.29, 0.717) is 28.7 Å². The van der Waals surface area contributed by atoms with Gasteiger partial charge in [-0.1, -0.05) is 36.4 Å². The number of carbonyl (C=O) groups excluding carboxylic acids is 1. The highest BCUT2D eigenvalue weighted by molar-refractivity contribution is 7.80. The Morgan fingerprint density at radius 1 is 0.897 bits per heavy atom. The van der Waals surface area contributed by atoms with E-state index in [-0.39, 0.29) is 5.91 Å². The van der Waals surface area contributed by atoms with Crippen LogP contribution < -0.4 is 25.6 Å². The van der Waals surface area contributed by atoms with E-state index in [1.807, 2.05) is 54.6 Å². The zero-order chi connectivity index (χ0) is 20.6. The predicted molar refractivity (Wildman–Crippen MR) is 118 cm³/mol. The van der Waals surface area contributed by atoms with Crippen molar-refractivity contribution in [2.45, 2.75) is 6.42 Å². The molecular weight excluding hydrogens is 386 g/mol. The minimum Gasteiger partial charge on any atom is -0.493 e. The molecule has 150 valence electrons. The fourth-order valence-electron chi connectivity index (χ4n) is 2.92. The van der Waals surface area contributed by atoms with Gasteiger partial charge in [0, 0.05) is 12.1 Å². The Hall–Kier alpha value is -3.32. The Bertz CT molecular complexity index is 1020. The maximum Gasteiger partial charge on any atom is 0.269 e. The lowest BCUT2D eigenvalue weighted by Gasteiger charge is -2.13. The molecule has 7 heteroatoms. The van der Waals surface area contributed by atoms with Crippen LogP contribution in [0, 0.1) is 0 Å². The monoisotopic (exact) mass is 409 g/mol. The Balaban J connectivity index is 1.46. The number of ether oxygens (including phenoxy) is 2. The Labute approximate surface area is 175 Å². The number of methoxy groups -OCH3 is 2. The standard InChI is InChI=1S/C22H23N3O3S/c1-27-19-10-7-15(13-20(19)28-2)11-12-23-22(29)25-24-21(26)18-9-8-16-5-3-4-6-17(16)14-18/h3-10,13-14H,11-12H2,1-2H3,(H,24,26)(H2,23,25,29). The average Bonchev–Trinajstić information content (AvgIpc) is 2.76. The van der Waals surface area contributed by atoms with Crippen LogP contribution in [-0.2, 0) is 6.42 Å². The van der Waals surface area contributed by atoms with Gasteiger partial charge in [0.05, 0.1) is 14.2 Å². The summed E-state index contributed by atoms with van der Waals surface area (Å²) < 4.78 is 10.5. The van der Waals surface area contributed by atoms with Gasteiger partial charge in [0.1, 0.15) is 0 Å². The van der Waals surface area contributed by atoms with Gasteiger partial charge in [-0.3, -0.25) is 15.6 Å². The summed E-state index contributed by atoms with van der Waals surface area (Å²) >= 11 is 5.22. The fourth-order valence-corrected chi connectivity index (χ4v) is 3.07. The van der Waals surface area contributed by atoms with Crippen molar-refractivity contribution < 1.29 is 14.3 Å². The molecule has 3 aromatic rings. The SMILES string of the molecule is COc1ccc(CCNC(=S)NNC(=O)c2ccc3ccccc3c2)cc1OC. The predicted octanol–water partition coefficient (Wildman–Crippen LogP) is 3.21. The number of fused-ring (bicyclic) bond motifs is 1. The number of thiocarbonyl (C=S) groups is 1. The first-order valence-electron chi connectivity index (χ1n) is 9.14. The molecule has 1 amide bonds. The summed E-state index contributed by atoms with van der Waals surface area (Å²) in [7, 11) is 3.21. The second-order valence-electron chi connectivity index (χ2n) is 6.34. The normalized spacial score (nSPS) is 10.3.